The number of aliphatic hydroxyl groups is 1. The predicted octanol–water partition coefficient (Wildman–Crippen LogP) is 0.917. The van der Waals surface area contributed by atoms with Crippen LogP contribution in [0, 0.1) is 0 Å². The minimum absolute atomic E-state index is 0.0628. The smallest absolute Gasteiger partial charge is 0.179 e. The van der Waals surface area contributed by atoms with E-state index in [0.29, 0.717) is 17.1 Å². The molecule has 0 spiro atoms. The molecule has 0 bridgehead atoms. The first-order chi connectivity index (χ1) is 6.33. The minimum atomic E-state index is 0.0628. The van der Waals surface area contributed by atoms with Crippen LogP contribution < -0.4 is 0 Å². The Hall–Kier alpha value is -1.13. The number of rotatable bonds is 2. The highest BCUT2D eigenvalue weighted by Gasteiger charge is 2.06. The highest BCUT2D eigenvalue weighted by atomic mass is 35.5. The second-order valence-corrected chi connectivity index (χ2v) is 3.05. The number of nitrogens with zero attached hydrogens (tertiary/aromatic N) is 3. The average molecular weight is 198 g/mol. The molecule has 0 fully saturated rings. The Kier molecular flexibility index (Phi) is 2.16. The Labute approximate surface area is 79.8 Å². The molecular weight excluding hydrogens is 190 g/mol. The normalized spacial score (nSPS) is 10.9. The first-order valence-corrected chi connectivity index (χ1v) is 4.29. The third kappa shape index (κ3) is 1.38. The number of aliphatic hydroxyl groups excluding tert-OH is 1. The fourth-order valence-corrected chi connectivity index (χ4v) is 1.40. The molecule has 4 nitrogen and oxygen atoms in total. The zero-order valence-electron chi connectivity index (χ0n) is 6.81. The molecule has 2 rings (SSSR count). The van der Waals surface area contributed by atoms with E-state index in [-0.39, 0.29) is 6.61 Å². The van der Waals surface area contributed by atoms with Crippen LogP contribution in [0.15, 0.2) is 18.3 Å². The van der Waals surface area contributed by atoms with Crippen LogP contribution in [0.4, 0.5) is 0 Å². The summed E-state index contributed by atoms with van der Waals surface area (Å²) >= 11 is 5.88. The van der Waals surface area contributed by atoms with Crippen LogP contribution in [0.1, 0.15) is 5.82 Å². The van der Waals surface area contributed by atoms with Gasteiger partial charge in [-0.1, -0.05) is 11.6 Å². The van der Waals surface area contributed by atoms with Crippen LogP contribution in [0.25, 0.3) is 5.65 Å². The van der Waals surface area contributed by atoms with Gasteiger partial charge in [0.2, 0.25) is 0 Å². The van der Waals surface area contributed by atoms with Crippen LogP contribution in [-0.2, 0) is 6.42 Å². The first-order valence-electron chi connectivity index (χ1n) is 3.92. The van der Waals surface area contributed by atoms with Crippen molar-refractivity contribution in [1.29, 1.82) is 0 Å². The van der Waals surface area contributed by atoms with Gasteiger partial charge in [-0.25, -0.2) is 0 Å². The summed E-state index contributed by atoms with van der Waals surface area (Å²) in [7, 11) is 0. The zero-order valence-corrected chi connectivity index (χ0v) is 7.57. The average Bonchev–Trinajstić information content (AvgIpc) is 2.51. The van der Waals surface area contributed by atoms with Gasteiger partial charge in [0, 0.05) is 12.6 Å². The van der Waals surface area contributed by atoms with Gasteiger partial charge in [0.25, 0.3) is 0 Å². The van der Waals surface area contributed by atoms with Gasteiger partial charge >= 0.3 is 0 Å². The van der Waals surface area contributed by atoms with E-state index in [1.165, 1.54) is 0 Å². The molecule has 2 aromatic heterocycles. The van der Waals surface area contributed by atoms with Crippen molar-refractivity contribution in [1.82, 2.24) is 14.6 Å². The molecule has 2 aromatic rings. The van der Waals surface area contributed by atoms with Crippen LogP contribution in [0.5, 0.6) is 0 Å². The van der Waals surface area contributed by atoms with Crippen LogP contribution in [0.2, 0.25) is 5.02 Å². The lowest BCUT2D eigenvalue weighted by Gasteiger charge is -1.96. The van der Waals surface area contributed by atoms with Gasteiger partial charge < -0.3 is 5.11 Å². The zero-order chi connectivity index (χ0) is 9.26. The maximum absolute atomic E-state index is 8.75. The first kappa shape index (κ1) is 8.47. The van der Waals surface area contributed by atoms with Crippen LogP contribution in [0.3, 0.4) is 0 Å². The van der Waals surface area contributed by atoms with Crippen molar-refractivity contribution in [2.75, 3.05) is 6.61 Å². The lowest BCUT2D eigenvalue weighted by molar-refractivity contribution is 0.296. The van der Waals surface area contributed by atoms with Crippen LogP contribution >= 0.6 is 11.6 Å². The summed E-state index contributed by atoms with van der Waals surface area (Å²) in [6.45, 7) is 0.0628. The molecule has 0 aromatic carbocycles. The molecule has 2 heterocycles. The summed E-state index contributed by atoms with van der Waals surface area (Å²) < 4.78 is 1.78. The minimum Gasteiger partial charge on any atom is -0.396 e. The maximum Gasteiger partial charge on any atom is 0.179 e. The second kappa shape index (κ2) is 3.32. The van der Waals surface area contributed by atoms with Crippen molar-refractivity contribution in [3.05, 3.63) is 29.2 Å². The summed E-state index contributed by atoms with van der Waals surface area (Å²) in [5.41, 5.74) is 0.632. The molecule has 0 saturated heterocycles. The molecule has 0 amide bonds. The van der Waals surface area contributed by atoms with E-state index in [2.05, 4.69) is 10.2 Å². The monoisotopic (exact) mass is 197 g/mol. The quantitative estimate of drug-likeness (QED) is 0.779. The van der Waals surface area contributed by atoms with Gasteiger partial charge in [-0.3, -0.25) is 4.40 Å². The van der Waals surface area contributed by atoms with Gasteiger partial charge in [-0.05, 0) is 12.1 Å². The Morgan fingerprint density at radius 3 is 3.08 bits per heavy atom. The van der Waals surface area contributed by atoms with Crippen molar-refractivity contribution in [2.24, 2.45) is 0 Å². The van der Waals surface area contributed by atoms with E-state index in [9.17, 15) is 0 Å². The predicted molar refractivity (Wildman–Crippen MR) is 48.8 cm³/mol. The molecule has 0 aliphatic rings. The molecule has 13 heavy (non-hydrogen) atoms. The number of pyridine rings is 1. The van der Waals surface area contributed by atoms with Crippen molar-refractivity contribution in [2.45, 2.75) is 6.42 Å². The standard InChI is InChI=1S/C8H8ClN3O/c9-6-2-1-4-12-7(3-5-13)10-11-8(6)12/h1-2,4,13H,3,5H2. The molecule has 68 valence electrons. The van der Waals surface area contributed by atoms with Gasteiger partial charge in [0.15, 0.2) is 5.65 Å². The molecule has 0 aliphatic carbocycles. The van der Waals surface area contributed by atoms with E-state index in [4.69, 9.17) is 16.7 Å². The van der Waals surface area contributed by atoms with Gasteiger partial charge in [0.05, 0.1) is 11.6 Å². The van der Waals surface area contributed by atoms with E-state index < -0.39 is 0 Å². The van der Waals surface area contributed by atoms with Gasteiger partial charge in [-0.2, -0.15) is 0 Å². The molecule has 0 unspecified atom stereocenters. The third-order valence-corrected chi connectivity index (χ3v) is 2.09. The van der Waals surface area contributed by atoms with E-state index in [0.717, 1.165) is 5.82 Å². The Bertz CT molecular complexity index is 426. The SMILES string of the molecule is OCCc1nnc2c(Cl)cccn12. The number of fused-ring (bicyclic) bond motifs is 1. The fourth-order valence-electron chi connectivity index (χ4n) is 1.20. The summed E-state index contributed by atoms with van der Waals surface area (Å²) in [5.74, 6) is 0.722. The van der Waals surface area contributed by atoms with E-state index >= 15 is 0 Å². The van der Waals surface area contributed by atoms with E-state index in [1.807, 2.05) is 12.3 Å². The van der Waals surface area contributed by atoms with Gasteiger partial charge in [-0.15, -0.1) is 10.2 Å². The largest absolute Gasteiger partial charge is 0.396 e. The lowest BCUT2D eigenvalue weighted by atomic mass is 10.4. The van der Waals surface area contributed by atoms with Crippen molar-refractivity contribution < 1.29 is 5.11 Å². The Morgan fingerprint density at radius 1 is 1.46 bits per heavy atom. The molecular formula is C8H8ClN3O. The summed E-state index contributed by atoms with van der Waals surface area (Å²) in [6.07, 6.45) is 2.31. The molecule has 0 saturated carbocycles. The number of hydrogen-bond donors (Lipinski definition) is 1. The number of aromatic nitrogens is 3. The number of hydrogen-bond acceptors (Lipinski definition) is 3. The molecule has 0 atom stereocenters. The molecule has 5 heteroatoms. The number of halogens is 1. The summed E-state index contributed by atoms with van der Waals surface area (Å²) in [5, 5.41) is 17.1. The van der Waals surface area contributed by atoms with E-state index in [1.54, 1.807) is 10.5 Å². The van der Waals surface area contributed by atoms with Crippen molar-refractivity contribution >= 4 is 17.2 Å². The highest BCUT2D eigenvalue weighted by Crippen LogP contribution is 2.15. The van der Waals surface area contributed by atoms with Crippen LogP contribution in [-0.4, -0.2) is 26.3 Å². The fraction of sp³-hybridized carbons (Fsp3) is 0.250. The summed E-state index contributed by atoms with van der Waals surface area (Å²) in [4.78, 5) is 0. The Morgan fingerprint density at radius 2 is 2.31 bits per heavy atom. The topological polar surface area (TPSA) is 50.4 Å². The Balaban J connectivity index is 2.61. The highest BCUT2D eigenvalue weighted by molar-refractivity contribution is 6.33. The van der Waals surface area contributed by atoms with Gasteiger partial charge in [0.1, 0.15) is 5.82 Å². The van der Waals surface area contributed by atoms with Crippen molar-refractivity contribution in [3.8, 4) is 0 Å². The van der Waals surface area contributed by atoms with Crippen molar-refractivity contribution in [3.63, 3.8) is 0 Å². The third-order valence-electron chi connectivity index (χ3n) is 1.79. The molecule has 0 aliphatic heterocycles. The summed E-state index contributed by atoms with van der Waals surface area (Å²) in [6, 6.07) is 3.58. The molecule has 1 N–H and O–H groups in total. The lowest BCUT2D eigenvalue weighted by Crippen LogP contribution is -1.97. The molecule has 0 radical (unpaired) electrons. The second-order valence-electron chi connectivity index (χ2n) is 2.64. The maximum atomic E-state index is 8.75.